The van der Waals surface area contributed by atoms with Gasteiger partial charge in [0.1, 0.15) is 10.6 Å². The van der Waals surface area contributed by atoms with Gasteiger partial charge in [-0.05, 0) is 50.1 Å². The van der Waals surface area contributed by atoms with Gasteiger partial charge < -0.3 is 10.1 Å². The Hall–Kier alpha value is -3.05. The minimum Gasteiger partial charge on any atom is -0.495 e. The van der Waals surface area contributed by atoms with Gasteiger partial charge in [0.15, 0.2) is 0 Å². The first-order valence-electron chi connectivity index (χ1n) is 9.60. The van der Waals surface area contributed by atoms with Crippen LogP contribution < -0.4 is 10.1 Å². The van der Waals surface area contributed by atoms with Gasteiger partial charge in [-0.25, -0.2) is 8.42 Å². The average molecular weight is 451 g/mol. The highest BCUT2D eigenvalue weighted by Gasteiger charge is 2.33. The summed E-state index contributed by atoms with van der Waals surface area (Å²) in [5.74, 6) is -1.63. The average Bonchev–Trinajstić information content (AvgIpc) is 2.74. The van der Waals surface area contributed by atoms with E-state index in [-0.39, 0.29) is 27.9 Å². The molecule has 166 valence electrons. The number of nitrogens with one attached hydrogen (secondary N) is 1. The fourth-order valence-electron chi connectivity index (χ4n) is 3.51. The number of nitro groups is 1. The third-order valence-electron chi connectivity index (χ3n) is 5.16. The maximum atomic E-state index is 13.5. The Labute approximate surface area is 179 Å². The van der Waals surface area contributed by atoms with E-state index in [1.54, 1.807) is 0 Å². The number of methoxy groups -OCH3 is 1. The second kappa shape index (κ2) is 8.98. The number of benzene rings is 2. The van der Waals surface area contributed by atoms with E-state index < -0.39 is 32.4 Å². The van der Waals surface area contributed by atoms with Crippen molar-refractivity contribution >= 4 is 27.3 Å². The smallest absolute Gasteiger partial charge is 0.306 e. The molecular formula is C20H22FN3O6S. The first-order valence-corrected chi connectivity index (χ1v) is 11.0. The van der Waals surface area contributed by atoms with Crippen molar-refractivity contribution in [2.75, 3.05) is 19.0 Å². The van der Waals surface area contributed by atoms with Crippen LogP contribution in [0.15, 0.2) is 41.3 Å². The molecule has 0 bridgehead atoms. The molecular weight excluding hydrogens is 429 g/mol. The van der Waals surface area contributed by atoms with Crippen molar-refractivity contribution in [2.24, 2.45) is 0 Å². The molecule has 0 aromatic heterocycles. The van der Waals surface area contributed by atoms with Crippen LogP contribution in [0.1, 0.15) is 36.5 Å². The number of anilines is 1. The van der Waals surface area contributed by atoms with Gasteiger partial charge in [-0.1, -0.05) is 6.42 Å². The molecule has 0 radical (unpaired) electrons. The van der Waals surface area contributed by atoms with Crippen molar-refractivity contribution in [3.05, 3.63) is 57.9 Å². The molecule has 0 aliphatic carbocycles. The molecule has 11 heteroatoms. The largest absolute Gasteiger partial charge is 0.495 e. The minimum absolute atomic E-state index is 0.00276. The van der Waals surface area contributed by atoms with Crippen LogP contribution in [0.4, 0.5) is 15.8 Å². The number of halogens is 1. The van der Waals surface area contributed by atoms with Gasteiger partial charge in [0, 0.05) is 29.9 Å². The van der Waals surface area contributed by atoms with Crippen LogP contribution in [0.2, 0.25) is 0 Å². The van der Waals surface area contributed by atoms with Gasteiger partial charge in [-0.15, -0.1) is 0 Å². The SMILES string of the molecule is COc1ccc(C(=O)Nc2ccc(F)c([N+](=O)[O-])c2)cc1S(=O)(=O)N1CCCCC1C. The summed E-state index contributed by atoms with van der Waals surface area (Å²) in [7, 11) is -2.58. The van der Waals surface area contributed by atoms with Crippen molar-refractivity contribution in [2.45, 2.75) is 37.1 Å². The fourth-order valence-corrected chi connectivity index (χ4v) is 5.39. The number of rotatable bonds is 6. The van der Waals surface area contributed by atoms with E-state index in [2.05, 4.69) is 5.32 Å². The van der Waals surface area contributed by atoms with Crippen molar-refractivity contribution in [1.29, 1.82) is 0 Å². The Balaban J connectivity index is 1.94. The molecule has 3 rings (SSSR count). The van der Waals surface area contributed by atoms with Gasteiger partial charge in [0.2, 0.25) is 15.8 Å². The van der Waals surface area contributed by atoms with E-state index in [4.69, 9.17) is 4.74 Å². The number of nitro benzene ring substituents is 1. The van der Waals surface area contributed by atoms with E-state index in [0.29, 0.717) is 6.54 Å². The van der Waals surface area contributed by atoms with Gasteiger partial charge in [-0.3, -0.25) is 14.9 Å². The summed E-state index contributed by atoms with van der Waals surface area (Å²) in [6.07, 6.45) is 2.43. The number of carbonyl (C=O) groups is 1. The Bertz CT molecular complexity index is 1120. The molecule has 1 saturated heterocycles. The highest BCUT2D eigenvalue weighted by molar-refractivity contribution is 7.89. The maximum absolute atomic E-state index is 13.5. The predicted molar refractivity (Wildman–Crippen MR) is 111 cm³/mol. The summed E-state index contributed by atoms with van der Waals surface area (Å²) in [4.78, 5) is 22.5. The summed E-state index contributed by atoms with van der Waals surface area (Å²) < 4.78 is 46.7. The van der Waals surface area contributed by atoms with Gasteiger partial charge in [0.05, 0.1) is 12.0 Å². The Morgan fingerprint density at radius 3 is 2.65 bits per heavy atom. The Morgan fingerprint density at radius 1 is 1.26 bits per heavy atom. The highest BCUT2D eigenvalue weighted by atomic mass is 32.2. The van der Waals surface area contributed by atoms with Crippen LogP contribution >= 0.6 is 0 Å². The molecule has 0 saturated carbocycles. The molecule has 1 aliphatic rings. The molecule has 1 aliphatic heterocycles. The summed E-state index contributed by atoms with van der Waals surface area (Å²) in [5, 5.41) is 13.3. The van der Waals surface area contributed by atoms with Crippen LogP contribution in [-0.4, -0.2) is 43.2 Å². The third-order valence-corrected chi connectivity index (χ3v) is 7.19. The number of carbonyl (C=O) groups excluding carboxylic acids is 1. The number of sulfonamides is 1. The standard InChI is InChI=1S/C20H22FN3O6S/c1-13-5-3-4-10-23(13)31(28,29)19-11-14(6-9-18(19)30-2)20(25)22-15-7-8-16(21)17(12-15)24(26)27/h6-9,11-13H,3-5,10H2,1-2H3,(H,22,25). The zero-order valence-corrected chi connectivity index (χ0v) is 17.8. The van der Waals surface area contributed by atoms with Gasteiger partial charge in [-0.2, -0.15) is 8.70 Å². The summed E-state index contributed by atoms with van der Waals surface area (Å²) in [6, 6.07) is 6.73. The van der Waals surface area contributed by atoms with Crippen LogP contribution in [0.5, 0.6) is 5.75 Å². The number of piperidine rings is 1. The van der Waals surface area contributed by atoms with Crippen LogP contribution in [-0.2, 0) is 10.0 Å². The zero-order valence-electron chi connectivity index (χ0n) is 17.0. The molecule has 1 heterocycles. The first kappa shape index (κ1) is 22.6. The summed E-state index contributed by atoms with van der Waals surface area (Å²) in [6.45, 7) is 2.21. The molecule has 1 fully saturated rings. The molecule has 1 N–H and O–H groups in total. The maximum Gasteiger partial charge on any atom is 0.306 e. The van der Waals surface area contributed by atoms with E-state index >= 15 is 0 Å². The summed E-state index contributed by atoms with van der Waals surface area (Å²) in [5.41, 5.74) is -0.770. The normalized spacial score (nSPS) is 17.2. The van der Waals surface area contributed by atoms with Crippen LogP contribution in [0.3, 0.4) is 0 Å². The molecule has 31 heavy (non-hydrogen) atoms. The molecule has 2 aromatic rings. The molecule has 9 nitrogen and oxygen atoms in total. The Kier molecular flexibility index (Phi) is 6.56. The molecule has 1 amide bonds. The van der Waals surface area contributed by atoms with E-state index in [1.807, 2.05) is 6.92 Å². The zero-order chi connectivity index (χ0) is 22.8. The fraction of sp³-hybridized carbons (Fsp3) is 0.350. The van der Waals surface area contributed by atoms with Crippen molar-refractivity contribution in [1.82, 2.24) is 4.31 Å². The lowest BCUT2D eigenvalue weighted by Crippen LogP contribution is -2.42. The molecule has 1 unspecified atom stereocenters. The van der Waals surface area contributed by atoms with Crippen molar-refractivity contribution in [3.8, 4) is 5.75 Å². The number of ether oxygens (including phenoxy) is 1. The van der Waals surface area contributed by atoms with E-state index in [1.165, 1.54) is 35.7 Å². The first-order chi connectivity index (χ1) is 14.6. The highest BCUT2D eigenvalue weighted by Crippen LogP contribution is 2.32. The molecule has 2 aromatic carbocycles. The lowest BCUT2D eigenvalue weighted by Gasteiger charge is -2.32. The number of amides is 1. The quantitative estimate of drug-likeness (QED) is 0.530. The second-order valence-electron chi connectivity index (χ2n) is 7.20. The minimum atomic E-state index is -3.92. The summed E-state index contributed by atoms with van der Waals surface area (Å²) >= 11 is 0. The van der Waals surface area contributed by atoms with Crippen molar-refractivity contribution in [3.63, 3.8) is 0 Å². The molecule has 1 atom stereocenters. The van der Waals surface area contributed by atoms with Gasteiger partial charge >= 0.3 is 5.69 Å². The topological polar surface area (TPSA) is 119 Å². The predicted octanol–water partition coefficient (Wildman–Crippen LogP) is 3.56. The van der Waals surface area contributed by atoms with Gasteiger partial charge in [0.25, 0.3) is 5.91 Å². The van der Waals surface area contributed by atoms with Crippen LogP contribution in [0, 0.1) is 15.9 Å². The number of hydrogen-bond donors (Lipinski definition) is 1. The van der Waals surface area contributed by atoms with E-state index in [9.17, 15) is 27.7 Å². The lowest BCUT2D eigenvalue weighted by molar-refractivity contribution is -0.387. The van der Waals surface area contributed by atoms with Crippen molar-refractivity contribution < 1.29 is 27.3 Å². The third kappa shape index (κ3) is 4.67. The Morgan fingerprint density at radius 2 is 2.00 bits per heavy atom. The monoisotopic (exact) mass is 451 g/mol. The lowest BCUT2D eigenvalue weighted by atomic mass is 10.1. The number of hydrogen-bond acceptors (Lipinski definition) is 6. The van der Waals surface area contributed by atoms with Crippen LogP contribution in [0.25, 0.3) is 0 Å². The number of nitrogens with zero attached hydrogens (tertiary/aromatic N) is 2. The second-order valence-corrected chi connectivity index (χ2v) is 9.06. The van der Waals surface area contributed by atoms with E-state index in [0.717, 1.165) is 31.4 Å². The molecule has 0 spiro atoms.